The molecule has 0 radical (unpaired) electrons. The molecule has 0 spiro atoms. The molecule has 1 aromatic rings. The van der Waals surface area contributed by atoms with E-state index in [-0.39, 0.29) is 6.17 Å². The fourth-order valence-electron chi connectivity index (χ4n) is 3.15. The third-order valence-corrected chi connectivity index (χ3v) is 4.97. The van der Waals surface area contributed by atoms with Crippen LogP contribution in [0.2, 0.25) is 0 Å². The zero-order valence-corrected chi connectivity index (χ0v) is 19.4. The van der Waals surface area contributed by atoms with E-state index in [1.165, 1.54) is 0 Å². The summed E-state index contributed by atoms with van der Waals surface area (Å²) in [6.45, 7) is 9.78. The van der Waals surface area contributed by atoms with Gasteiger partial charge in [0.1, 0.15) is 6.17 Å². The highest BCUT2D eigenvalue weighted by Crippen LogP contribution is 2.19. The number of hydrogen-bond acceptors (Lipinski definition) is 7. The van der Waals surface area contributed by atoms with Crippen LogP contribution in [0.5, 0.6) is 0 Å². The molecule has 0 saturated carbocycles. The molecule has 1 aromatic carbocycles. The molecule has 31 heavy (non-hydrogen) atoms. The van der Waals surface area contributed by atoms with Crippen molar-refractivity contribution in [3.63, 3.8) is 0 Å². The number of ether oxygens (including phenoxy) is 1. The Labute approximate surface area is 186 Å². The summed E-state index contributed by atoms with van der Waals surface area (Å²) in [5.41, 5.74) is 12.8. The van der Waals surface area contributed by atoms with Gasteiger partial charge in [-0.3, -0.25) is 10.3 Å². The molecular formula is C24H36N6O. The number of nitrogens with two attached hydrogens (primary N) is 1. The molecule has 1 aliphatic rings. The highest BCUT2D eigenvalue weighted by Gasteiger charge is 2.16. The lowest BCUT2D eigenvalue weighted by molar-refractivity contribution is 0.263. The number of likely N-dealkylation sites (N-methyl/N-ethyl adjacent to an activating group) is 1. The van der Waals surface area contributed by atoms with Crippen molar-refractivity contribution >= 4 is 23.1 Å². The van der Waals surface area contributed by atoms with Crippen LogP contribution in [0.1, 0.15) is 51.2 Å². The molecule has 1 unspecified atom stereocenters. The van der Waals surface area contributed by atoms with E-state index in [9.17, 15) is 0 Å². The summed E-state index contributed by atoms with van der Waals surface area (Å²) >= 11 is 0. The van der Waals surface area contributed by atoms with Crippen molar-refractivity contribution in [3.8, 4) is 0 Å². The van der Waals surface area contributed by atoms with Crippen molar-refractivity contribution < 1.29 is 4.74 Å². The first-order valence-electron chi connectivity index (χ1n) is 11.0. The van der Waals surface area contributed by atoms with Gasteiger partial charge in [-0.05, 0) is 63.6 Å². The maximum Gasteiger partial charge on any atom is 0.315 e. The molecule has 0 aromatic heterocycles. The van der Waals surface area contributed by atoms with E-state index in [2.05, 4.69) is 52.2 Å². The molecule has 0 bridgehead atoms. The normalized spacial score (nSPS) is 17.3. The molecule has 7 nitrogen and oxygen atoms in total. The molecule has 0 amide bonds. The molecule has 2 rings (SSSR count). The van der Waals surface area contributed by atoms with E-state index in [0.29, 0.717) is 18.5 Å². The minimum Gasteiger partial charge on any atom is -0.464 e. The fourth-order valence-corrected chi connectivity index (χ4v) is 3.15. The van der Waals surface area contributed by atoms with E-state index in [4.69, 9.17) is 10.5 Å². The zero-order chi connectivity index (χ0) is 22.6. The van der Waals surface area contributed by atoms with Gasteiger partial charge in [-0.1, -0.05) is 44.5 Å². The summed E-state index contributed by atoms with van der Waals surface area (Å²) in [5.74, 6) is 0.572. The molecule has 0 saturated heterocycles. The summed E-state index contributed by atoms with van der Waals surface area (Å²) < 4.78 is 5.83. The number of hydrazone groups is 1. The molecular weight excluding hydrogens is 388 g/mol. The van der Waals surface area contributed by atoms with E-state index < -0.39 is 0 Å². The SMILES string of the molecule is CCCCOC1=NC(N(C)CCC)C=CC(N/N=C(C)/C(=C/N)c2ccccc2C)=N1. The average molecular weight is 425 g/mol. The van der Waals surface area contributed by atoms with Crippen molar-refractivity contribution in [2.75, 3.05) is 20.2 Å². The Morgan fingerprint density at radius 2 is 2.06 bits per heavy atom. The van der Waals surface area contributed by atoms with Crippen molar-refractivity contribution in [3.05, 3.63) is 53.7 Å². The number of allylic oxidation sites excluding steroid dienone is 1. The standard InChI is InChI=1S/C24H36N6O/c1-6-8-16-31-24-26-22(13-14-23(27-24)30(5)15-7-2)29-28-19(4)21(17-25)20-12-10-9-11-18(20)3/h9-14,17,23H,6-8,15-16,25H2,1-5H3,(H,26,27,29)/b21-17-,28-19+. The Morgan fingerprint density at radius 1 is 1.29 bits per heavy atom. The second kappa shape index (κ2) is 12.7. The predicted molar refractivity (Wildman–Crippen MR) is 131 cm³/mol. The lowest BCUT2D eigenvalue weighted by Gasteiger charge is -2.21. The van der Waals surface area contributed by atoms with Crippen LogP contribution in [-0.4, -0.2) is 48.8 Å². The van der Waals surface area contributed by atoms with Gasteiger partial charge in [-0.2, -0.15) is 10.1 Å². The van der Waals surface area contributed by atoms with E-state index in [1.54, 1.807) is 6.20 Å². The molecule has 1 atom stereocenters. The number of amidine groups is 2. The van der Waals surface area contributed by atoms with Crippen molar-refractivity contribution in [1.29, 1.82) is 0 Å². The first-order chi connectivity index (χ1) is 15.0. The highest BCUT2D eigenvalue weighted by atomic mass is 16.5. The fraction of sp³-hybridized carbons (Fsp3) is 0.458. The van der Waals surface area contributed by atoms with Gasteiger partial charge in [0.2, 0.25) is 0 Å². The van der Waals surface area contributed by atoms with Crippen LogP contribution in [0.4, 0.5) is 0 Å². The van der Waals surface area contributed by atoms with E-state index in [0.717, 1.165) is 48.2 Å². The van der Waals surface area contributed by atoms with Crippen molar-refractivity contribution in [2.24, 2.45) is 20.8 Å². The van der Waals surface area contributed by atoms with Crippen LogP contribution in [0.15, 0.2) is 57.7 Å². The van der Waals surface area contributed by atoms with Gasteiger partial charge in [-0.25, -0.2) is 4.99 Å². The number of hydrogen-bond donors (Lipinski definition) is 2. The minimum atomic E-state index is -0.129. The van der Waals surface area contributed by atoms with Crippen LogP contribution in [-0.2, 0) is 4.74 Å². The highest BCUT2D eigenvalue weighted by molar-refractivity contribution is 6.23. The van der Waals surface area contributed by atoms with Gasteiger partial charge in [-0.15, -0.1) is 0 Å². The zero-order valence-electron chi connectivity index (χ0n) is 19.4. The second-order valence-corrected chi connectivity index (χ2v) is 7.57. The molecule has 1 heterocycles. The number of unbranched alkanes of at least 4 members (excludes halogenated alkanes) is 1. The number of benzene rings is 1. The summed E-state index contributed by atoms with van der Waals surface area (Å²) in [7, 11) is 2.05. The lowest BCUT2D eigenvalue weighted by Crippen LogP contribution is -2.30. The smallest absolute Gasteiger partial charge is 0.315 e. The van der Waals surface area contributed by atoms with Crippen LogP contribution in [0, 0.1) is 6.92 Å². The lowest BCUT2D eigenvalue weighted by atomic mass is 9.98. The van der Waals surface area contributed by atoms with Gasteiger partial charge >= 0.3 is 6.02 Å². The number of aryl methyl sites for hydroxylation is 1. The summed E-state index contributed by atoms with van der Waals surface area (Å²) in [6.07, 6.45) is 8.41. The summed E-state index contributed by atoms with van der Waals surface area (Å²) in [6, 6.07) is 8.47. The van der Waals surface area contributed by atoms with Gasteiger partial charge in [0.25, 0.3) is 0 Å². The maximum absolute atomic E-state index is 5.92. The van der Waals surface area contributed by atoms with Gasteiger partial charge in [0.15, 0.2) is 5.84 Å². The largest absolute Gasteiger partial charge is 0.464 e. The van der Waals surface area contributed by atoms with Crippen molar-refractivity contribution in [1.82, 2.24) is 10.3 Å². The Bertz CT molecular complexity index is 869. The summed E-state index contributed by atoms with van der Waals surface area (Å²) in [5, 5.41) is 4.53. The van der Waals surface area contributed by atoms with E-state index >= 15 is 0 Å². The first-order valence-corrected chi connectivity index (χ1v) is 11.0. The third-order valence-electron chi connectivity index (χ3n) is 4.97. The van der Waals surface area contributed by atoms with Crippen LogP contribution in [0.3, 0.4) is 0 Å². The van der Waals surface area contributed by atoms with Gasteiger partial charge in [0, 0.05) is 11.8 Å². The molecule has 168 valence electrons. The molecule has 0 fully saturated rings. The quantitative estimate of drug-likeness (QED) is 0.355. The van der Waals surface area contributed by atoms with Crippen LogP contribution < -0.4 is 11.2 Å². The third kappa shape index (κ3) is 7.36. The number of rotatable bonds is 9. The average Bonchev–Trinajstić information content (AvgIpc) is 2.97. The maximum atomic E-state index is 5.92. The topological polar surface area (TPSA) is 87.6 Å². The Kier molecular flexibility index (Phi) is 9.97. The predicted octanol–water partition coefficient (Wildman–Crippen LogP) is 4.07. The Balaban J connectivity index is 2.22. The molecule has 3 N–H and O–H groups in total. The first kappa shape index (κ1) is 24.3. The second-order valence-electron chi connectivity index (χ2n) is 7.57. The molecule has 0 aliphatic carbocycles. The summed E-state index contributed by atoms with van der Waals surface area (Å²) in [4.78, 5) is 11.4. The van der Waals surface area contributed by atoms with E-state index in [1.807, 2.05) is 44.3 Å². The van der Waals surface area contributed by atoms with Crippen molar-refractivity contribution in [2.45, 2.75) is 53.1 Å². The Morgan fingerprint density at radius 3 is 2.74 bits per heavy atom. The van der Waals surface area contributed by atoms with Crippen LogP contribution >= 0.6 is 0 Å². The van der Waals surface area contributed by atoms with Gasteiger partial charge in [0.05, 0.1) is 12.3 Å². The monoisotopic (exact) mass is 424 g/mol. The minimum absolute atomic E-state index is 0.129. The number of aliphatic imine (C=N–C) groups is 2. The number of nitrogens with zero attached hydrogens (tertiary/aromatic N) is 4. The van der Waals surface area contributed by atoms with Gasteiger partial charge < -0.3 is 10.5 Å². The Hall–Kier alpha value is -2.93. The molecule has 1 aliphatic heterocycles. The molecule has 7 heteroatoms. The van der Waals surface area contributed by atoms with Crippen LogP contribution in [0.25, 0.3) is 5.57 Å². The number of nitrogens with one attached hydrogen (secondary N) is 1.